The Morgan fingerprint density at radius 1 is 1.23 bits per heavy atom. The van der Waals surface area contributed by atoms with Gasteiger partial charge in [-0.25, -0.2) is 0 Å². The molecular formula is C22H33NO3. The molecule has 0 amide bonds. The molecule has 4 nitrogen and oxygen atoms in total. The van der Waals surface area contributed by atoms with Crippen LogP contribution in [0, 0.1) is 23.2 Å². The van der Waals surface area contributed by atoms with Gasteiger partial charge in [0.05, 0.1) is 0 Å². The maximum absolute atomic E-state index is 12.9. The molecule has 144 valence electrons. The number of rotatable bonds is 6. The average molecular weight is 360 g/mol. The third-order valence-corrected chi connectivity index (χ3v) is 5.61. The summed E-state index contributed by atoms with van der Waals surface area (Å²) in [4.78, 5) is 25.4. The third-order valence-electron chi connectivity index (χ3n) is 5.61. The molecule has 0 saturated heterocycles. The second-order valence-corrected chi connectivity index (χ2v) is 9.06. The molecule has 1 aliphatic rings. The Kier molecular flexibility index (Phi) is 6.75. The van der Waals surface area contributed by atoms with E-state index in [1.807, 2.05) is 30.3 Å². The predicted molar refractivity (Wildman–Crippen MR) is 104 cm³/mol. The van der Waals surface area contributed by atoms with Crippen LogP contribution in [0.2, 0.25) is 0 Å². The van der Waals surface area contributed by atoms with Crippen molar-refractivity contribution in [3.63, 3.8) is 0 Å². The van der Waals surface area contributed by atoms with Gasteiger partial charge in [0, 0.05) is 24.3 Å². The van der Waals surface area contributed by atoms with Crippen molar-refractivity contribution in [1.29, 1.82) is 0 Å². The molecule has 26 heavy (non-hydrogen) atoms. The van der Waals surface area contributed by atoms with Crippen molar-refractivity contribution in [2.45, 2.75) is 65.5 Å². The summed E-state index contributed by atoms with van der Waals surface area (Å²) in [7, 11) is 0. The van der Waals surface area contributed by atoms with Gasteiger partial charge in [0.15, 0.2) is 5.78 Å². The highest BCUT2D eigenvalue weighted by molar-refractivity contribution is 5.92. The van der Waals surface area contributed by atoms with Crippen LogP contribution in [-0.2, 0) is 16.0 Å². The molecule has 1 aliphatic carbocycles. The minimum Gasteiger partial charge on any atom is -0.384 e. The lowest BCUT2D eigenvalue weighted by molar-refractivity contribution is -0.139. The van der Waals surface area contributed by atoms with E-state index in [0.717, 1.165) is 18.4 Å². The van der Waals surface area contributed by atoms with Crippen LogP contribution in [0.5, 0.6) is 0 Å². The van der Waals surface area contributed by atoms with Gasteiger partial charge >= 0.3 is 0 Å². The number of Topliss-reactive ketones (excluding diaryl/α,β-unsaturated/α-hetero) is 2. The van der Waals surface area contributed by atoms with Gasteiger partial charge in [0.25, 0.3) is 0 Å². The summed E-state index contributed by atoms with van der Waals surface area (Å²) in [6.07, 6.45) is 0.904. The minimum atomic E-state index is -1.23. The summed E-state index contributed by atoms with van der Waals surface area (Å²) >= 11 is 0. The van der Waals surface area contributed by atoms with Gasteiger partial charge < -0.3 is 10.8 Å². The number of carbonyl (C=O) groups is 2. The van der Waals surface area contributed by atoms with Crippen LogP contribution in [0.1, 0.15) is 52.5 Å². The van der Waals surface area contributed by atoms with E-state index in [1.165, 1.54) is 0 Å². The first kappa shape index (κ1) is 20.8. The molecule has 4 heteroatoms. The molecule has 0 bridgehead atoms. The van der Waals surface area contributed by atoms with Gasteiger partial charge in [-0.3, -0.25) is 9.59 Å². The molecule has 1 aromatic rings. The van der Waals surface area contributed by atoms with E-state index >= 15 is 0 Å². The number of hydrogen-bond acceptors (Lipinski definition) is 4. The van der Waals surface area contributed by atoms with Gasteiger partial charge in [0.2, 0.25) is 0 Å². The van der Waals surface area contributed by atoms with Crippen molar-refractivity contribution in [3.05, 3.63) is 35.9 Å². The summed E-state index contributed by atoms with van der Waals surface area (Å²) in [5.41, 5.74) is 6.94. The van der Waals surface area contributed by atoms with Crippen molar-refractivity contribution in [1.82, 2.24) is 0 Å². The average Bonchev–Trinajstić information content (AvgIpc) is 2.56. The number of benzene rings is 1. The van der Waals surface area contributed by atoms with E-state index in [-0.39, 0.29) is 35.2 Å². The normalized spacial score (nSPS) is 26.4. The maximum atomic E-state index is 12.9. The summed E-state index contributed by atoms with van der Waals surface area (Å²) < 4.78 is 0. The number of aliphatic hydroxyl groups excluding tert-OH is 1. The van der Waals surface area contributed by atoms with Crippen molar-refractivity contribution in [2.24, 2.45) is 28.9 Å². The first-order valence-electron chi connectivity index (χ1n) is 9.63. The number of aliphatic hydroxyl groups is 1. The highest BCUT2D eigenvalue weighted by Crippen LogP contribution is 2.41. The van der Waals surface area contributed by atoms with Crippen LogP contribution < -0.4 is 5.73 Å². The maximum Gasteiger partial charge on any atom is 0.163 e. The first-order valence-corrected chi connectivity index (χ1v) is 9.63. The van der Waals surface area contributed by atoms with Crippen LogP contribution in [0.3, 0.4) is 0 Å². The van der Waals surface area contributed by atoms with Gasteiger partial charge in [-0.1, -0.05) is 58.0 Å². The smallest absolute Gasteiger partial charge is 0.163 e. The van der Waals surface area contributed by atoms with Crippen molar-refractivity contribution in [3.8, 4) is 0 Å². The monoisotopic (exact) mass is 359 g/mol. The zero-order chi connectivity index (χ0) is 19.5. The van der Waals surface area contributed by atoms with E-state index in [4.69, 9.17) is 5.73 Å². The van der Waals surface area contributed by atoms with E-state index in [0.29, 0.717) is 12.3 Å². The Labute approximate surface area is 157 Å². The predicted octanol–water partition coefficient (Wildman–Crippen LogP) is 3.15. The van der Waals surface area contributed by atoms with Crippen LogP contribution in [0.15, 0.2) is 30.3 Å². The largest absolute Gasteiger partial charge is 0.384 e. The standard InChI is InChI=1S/C22H33NO3/c1-14-10-16(20(25)17(11-14)22(2,3)4)13-19(24)21(26)18(23)12-15-8-6-5-7-9-15/h5-9,14,16-18,21,26H,10-13,23H2,1-4H3/t14?,16-,17?,18+,21+/m1/s1. The molecule has 0 aromatic heterocycles. The Morgan fingerprint density at radius 3 is 2.42 bits per heavy atom. The molecule has 3 N–H and O–H groups in total. The summed E-state index contributed by atoms with van der Waals surface area (Å²) in [6, 6.07) is 8.93. The molecule has 0 aliphatic heterocycles. The first-order chi connectivity index (χ1) is 12.1. The molecule has 1 fully saturated rings. The fourth-order valence-corrected chi connectivity index (χ4v) is 4.07. The Hall–Kier alpha value is -1.52. The molecule has 5 atom stereocenters. The number of ketones is 2. The van der Waals surface area contributed by atoms with Gasteiger partial charge in [-0.2, -0.15) is 0 Å². The van der Waals surface area contributed by atoms with Crippen LogP contribution in [-0.4, -0.2) is 28.8 Å². The zero-order valence-electron chi connectivity index (χ0n) is 16.4. The fourth-order valence-electron chi connectivity index (χ4n) is 4.07. The van der Waals surface area contributed by atoms with Gasteiger partial charge in [-0.15, -0.1) is 0 Å². The lowest BCUT2D eigenvalue weighted by Gasteiger charge is -2.39. The second-order valence-electron chi connectivity index (χ2n) is 9.06. The minimum absolute atomic E-state index is 0.0285. The fraction of sp³-hybridized carbons (Fsp3) is 0.636. The highest BCUT2D eigenvalue weighted by atomic mass is 16.3. The Bertz CT molecular complexity index is 620. The van der Waals surface area contributed by atoms with Gasteiger partial charge in [0.1, 0.15) is 11.9 Å². The Balaban J connectivity index is 1.99. The lowest BCUT2D eigenvalue weighted by Crippen LogP contribution is -2.45. The van der Waals surface area contributed by atoms with E-state index in [1.54, 1.807) is 0 Å². The molecule has 0 spiro atoms. The van der Waals surface area contributed by atoms with E-state index in [2.05, 4.69) is 27.7 Å². The summed E-state index contributed by atoms with van der Waals surface area (Å²) in [5, 5.41) is 10.4. The van der Waals surface area contributed by atoms with Crippen LogP contribution >= 0.6 is 0 Å². The number of hydrogen-bond donors (Lipinski definition) is 2. The van der Waals surface area contributed by atoms with E-state index < -0.39 is 12.1 Å². The van der Waals surface area contributed by atoms with Crippen molar-refractivity contribution >= 4 is 11.6 Å². The van der Waals surface area contributed by atoms with Crippen LogP contribution in [0.25, 0.3) is 0 Å². The summed E-state index contributed by atoms with van der Waals surface area (Å²) in [6.45, 7) is 8.38. The molecule has 1 saturated carbocycles. The van der Waals surface area contributed by atoms with Crippen LogP contribution in [0.4, 0.5) is 0 Å². The molecular weight excluding hydrogens is 326 g/mol. The zero-order valence-corrected chi connectivity index (χ0v) is 16.4. The quantitative estimate of drug-likeness (QED) is 0.817. The second kappa shape index (κ2) is 8.45. The summed E-state index contributed by atoms with van der Waals surface area (Å²) in [5.74, 6) is -0.0561. The SMILES string of the molecule is CC1CC(C(C)(C)C)C(=O)[C@@H](CC(=O)[C@@H](O)[C@@H](N)Cc2ccccc2)C1. The number of carbonyl (C=O) groups excluding carboxylic acids is 2. The van der Waals surface area contributed by atoms with Crippen molar-refractivity contribution < 1.29 is 14.7 Å². The topological polar surface area (TPSA) is 80.4 Å². The Morgan fingerprint density at radius 2 is 1.85 bits per heavy atom. The molecule has 2 unspecified atom stereocenters. The van der Waals surface area contributed by atoms with Crippen molar-refractivity contribution in [2.75, 3.05) is 0 Å². The highest BCUT2D eigenvalue weighted by Gasteiger charge is 2.42. The third kappa shape index (κ3) is 5.24. The molecule has 1 aromatic carbocycles. The molecule has 0 radical (unpaired) electrons. The lowest BCUT2D eigenvalue weighted by atomic mass is 9.64. The molecule has 0 heterocycles. The van der Waals surface area contributed by atoms with Gasteiger partial charge in [-0.05, 0) is 36.2 Å². The number of nitrogens with two attached hydrogens (primary N) is 1. The van der Waals surface area contributed by atoms with E-state index in [9.17, 15) is 14.7 Å². The molecule has 2 rings (SSSR count).